The van der Waals surface area contributed by atoms with Gasteiger partial charge in [0.05, 0.1) is 6.20 Å². The average Bonchev–Trinajstić information content (AvgIpc) is 2.72. The van der Waals surface area contributed by atoms with Crippen LogP contribution < -0.4 is 0 Å². The summed E-state index contributed by atoms with van der Waals surface area (Å²) < 4.78 is 5.68. The van der Waals surface area contributed by atoms with Crippen molar-refractivity contribution in [1.29, 1.82) is 0 Å². The van der Waals surface area contributed by atoms with E-state index in [1.165, 1.54) is 6.20 Å². The largest absolute Gasteiger partial charge is 0.436 e. The summed E-state index contributed by atoms with van der Waals surface area (Å²) in [5, 5.41) is 3.60. The van der Waals surface area contributed by atoms with E-state index in [-0.39, 0.29) is 0 Å². The van der Waals surface area contributed by atoms with Gasteiger partial charge in [-0.3, -0.25) is 0 Å². The first kappa shape index (κ1) is 9.85. The van der Waals surface area contributed by atoms with Gasteiger partial charge < -0.3 is 4.42 Å². The summed E-state index contributed by atoms with van der Waals surface area (Å²) >= 11 is 5.82. The molecule has 0 fully saturated rings. The molecule has 2 aromatic heterocycles. The highest BCUT2D eigenvalue weighted by atomic mass is 35.5. The molecule has 4 rings (SSSR count). The third kappa shape index (κ3) is 1.31. The standard InChI is InChI=1S/C14H7ClN2O/c15-12-7-16-13-10-5-8-3-1-2-4-9(8)6-11(10)18-14(13)17-12/h1-7H. The number of fused-ring (bicyclic) bond motifs is 4. The quantitative estimate of drug-likeness (QED) is 0.472. The Bertz CT molecular complexity index is 898. The number of benzene rings is 2. The van der Waals surface area contributed by atoms with Crippen LogP contribution in [0.2, 0.25) is 5.15 Å². The molecule has 0 amide bonds. The van der Waals surface area contributed by atoms with Crippen molar-refractivity contribution in [1.82, 2.24) is 9.97 Å². The second-order valence-electron chi connectivity index (χ2n) is 4.14. The van der Waals surface area contributed by atoms with Crippen molar-refractivity contribution in [2.24, 2.45) is 0 Å². The summed E-state index contributed by atoms with van der Waals surface area (Å²) in [7, 11) is 0. The van der Waals surface area contributed by atoms with Gasteiger partial charge in [0.1, 0.15) is 11.1 Å². The molecule has 0 saturated carbocycles. The molecule has 4 heteroatoms. The van der Waals surface area contributed by atoms with Crippen molar-refractivity contribution in [3.63, 3.8) is 0 Å². The molecule has 2 heterocycles. The molecule has 2 aromatic carbocycles. The van der Waals surface area contributed by atoms with Crippen LogP contribution in [0.3, 0.4) is 0 Å². The topological polar surface area (TPSA) is 38.9 Å². The van der Waals surface area contributed by atoms with Gasteiger partial charge in [-0.1, -0.05) is 35.9 Å². The van der Waals surface area contributed by atoms with Gasteiger partial charge >= 0.3 is 0 Å². The first-order valence-corrected chi connectivity index (χ1v) is 5.92. The number of hydrogen-bond donors (Lipinski definition) is 0. The van der Waals surface area contributed by atoms with Gasteiger partial charge in [0.15, 0.2) is 5.15 Å². The summed E-state index contributed by atoms with van der Waals surface area (Å²) in [6, 6.07) is 12.2. The molecule has 18 heavy (non-hydrogen) atoms. The van der Waals surface area contributed by atoms with E-state index >= 15 is 0 Å². The number of rotatable bonds is 0. The number of aromatic nitrogens is 2. The van der Waals surface area contributed by atoms with E-state index in [0.29, 0.717) is 10.9 Å². The van der Waals surface area contributed by atoms with E-state index in [0.717, 1.165) is 27.3 Å². The lowest BCUT2D eigenvalue weighted by Crippen LogP contribution is -1.79. The summed E-state index contributed by atoms with van der Waals surface area (Å²) in [5.74, 6) is 0. The van der Waals surface area contributed by atoms with E-state index in [9.17, 15) is 0 Å². The Balaban J connectivity index is 2.23. The zero-order valence-corrected chi connectivity index (χ0v) is 9.98. The number of furan rings is 1. The molecule has 0 bridgehead atoms. The third-order valence-corrected chi connectivity index (χ3v) is 3.20. The molecule has 3 nitrogen and oxygen atoms in total. The molecular weight excluding hydrogens is 248 g/mol. The van der Waals surface area contributed by atoms with Gasteiger partial charge in [-0.25, -0.2) is 4.98 Å². The van der Waals surface area contributed by atoms with Crippen LogP contribution in [0.25, 0.3) is 33.0 Å². The van der Waals surface area contributed by atoms with Crippen molar-refractivity contribution in [2.75, 3.05) is 0 Å². The zero-order valence-electron chi connectivity index (χ0n) is 9.22. The Labute approximate surface area is 107 Å². The fourth-order valence-electron chi connectivity index (χ4n) is 2.20. The van der Waals surface area contributed by atoms with E-state index in [1.54, 1.807) is 0 Å². The smallest absolute Gasteiger partial charge is 0.247 e. The molecule has 0 spiro atoms. The lowest BCUT2D eigenvalue weighted by atomic mass is 10.1. The third-order valence-electron chi connectivity index (χ3n) is 3.02. The molecule has 0 unspecified atom stereocenters. The fourth-order valence-corrected chi connectivity index (χ4v) is 2.33. The SMILES string of the molecule is Clc1cnc2c(n1)oc1cc3ccccc3cc12. The second-order valence-corrected chi connectivity index (χ2v) is 4.53. The molecular formula is C14H7ClN2O. The van der Waals surface area contributed by atoms with Crippen molar-refractivity contribution in [3.05, 3.63) is 47.7 Å². The minimum atomic E-state index is 0.339. The average molecular weight is 255 g/mol. The minimum Gasteiger partial charge on any atom is -0.436 e. The van der Waals surface area contributed by atoms with E-state index in [1.807, 2.05) is 18.2 Å². The van der Waals surface area contributed by atoms with Crippen LogP contribution in [0.5, 0.6) is 0 Å². The summed E-state index contributed by atoms with van der Waals surface area (Å²) in [6.45, 7) is 0. The normalized spacial score (nSPS) is 11.6. The van der Waals surface area contributed by atoms with Gasteiger partial charge in [0.25, 0.3) is 0 Å². The molecule has 0 saturated heterocycles. The number of halogens is 1. The fraction of sp³-hybridized carbons (Fsp3) is 0. The van der Waals surface area contributed by atoms with Gasteiger partial charge in [-0.2, -0.15) is 4.98 Å². The maximum absolute atomic E-state index is 5.82. The Kier molecular flexibility index (Phi) is 1.88. The number of nitrogens with zero attached hydrogens (tertiary/aromatic N) is 2. The first-order valence-electron chi connectivity index (χ1n) is 5.55. The molecule has 0 N–H and O–H groups in total. The summed E-state index contributed by atoms with van der Waals surface area (Å²) in [5.41, 5.74) is 2.01. The maximum atomic E-state index is 5.82. The van der Waals surface area contributed by atoms with E-state index in [2.05, 4.69) is 28.2 Å². The number of hydrogen-bond acceptors (Lipinski definition) is 3. The predicted molar refractivity (Wildman–Crippen MR) is 71.8 cm³/mol. The van der Waals surface area contributed by atoms with Gasteiger partial charge in [0, 0.05) is 5.39 Å². The van der Waals surface area contributed by atoms with E-state index in [4.69, 9.17) is 16.0 Å². The second kappa shape index (κ2) is 3.43. The minimum absolute atomic E-state index is 0.339. The van der Waals surface area contributed by atoms with Crippen LogP contribution in [0, 0.1) is 0 Å². The Morgan fingerprint density at radius 1 is 1.06 bits per heavy atom. The Morgan fingerprint density at radius 2 is 1.83 bits per heavy atom. The predicted octanol–water partition coefficient (Wildman–Crippen LogP) is 4.18. The van der Waals surface area contributed by atoms with E-state index < -0.39 is 0 Å². The Morgan fingerprint density at radius 3 is 2.67 bits per heavy atom. The van der Waals surface area contributed by atoms with Gasteiger partial charge in [0.2, 0.25) is 5.71 Å². The van der Waals surface area contributed by atoms with Crippen molar-refractivity contribution in [3.8, 4) is 0 Å². The van der Waals surface area contributed by atoms with Crippen molar-refractivity contribution in [2.45, 2.75) is 0 Å². The van der Waals surface area contributed by atoms with Crippen LogP contribution in [0.1, 0.15) is 0 Å². The molecule has 0 atom stereocenters. The lowest BCUT2D eigenvalue weighted by molar-refractivity contribution is 0.653. The lowest BCUT2D eigenvalue weighted by Gasteiger charge is -1.96. The van der Waals surface area contributed by atoms with Crippen LogP contribution in [0.4, 0.5) is 0 Å². The monoisotopic (exact) mass is 254 g/mol. The molecule has 0 aliphatic rings. The highest BCUT2D eigenvalue weighted by molar-refractivity contribution is 6.29. The molecule has 86 valence electrons. The van der Waals surface area contributed by atoms with Gasteiger partial charge in [-0.05, 0) is 22.9 Å². The highest BCUT2D eigenvalue weighted by Crippen LogP contribution is 2.30. The van der Waals surface area contributed by atoms with Crippen molar-refractivity contribution < 1.29 is 4.42 Å². The van der Waals surface area contributed by atoms with Crippen LogP contribution in [-0.2, 0) is 0 Å². The van der Waals surface area contributed by atoms with Crippen LogP contribution in [0.15, 0.2) is 47.0 Å². The summed E-state index contributed by atoms with van der Waals surface area (Å²) in [6.07, 6.45) is 1.54. The molecule has 0 radical (unpaired) electrons. The van der Waals surface area contributed by atoms with Crippen LogP contribution >= 0.6 is 11.6 Å². The maximum Gasteiger partial charge on any atom is 0.247 e. The zero-order chi connectivity index (χ0) is 12.1. The summed E-state index contributed by atoms with van der Waals surface area (Å²) in [4.78, 5) is 8.43. The van der Waals surface area contributed by atoms with Gasteiger partial charge in [-0.15, -0.1) is 0 Å². The molecule has 0 aliphatic heterocycles. The molecule has 4 aromatic rings. The first-order chi connectivity index (χ1) is 8.81. The Hall–Kier alpha value is -2.13. The van der Waals surface area contributed by atoms with Crippen molar-refractivity contribution >= 4 is 44.6 Å². The highest BCUT2D eigenvalue weighted by Gasteiger charge is 2.10. The van der Waals surface area contributed by atoms with Crippen LogP contribution in [-0.4, -0.2) is 9.97 Å². The molecule has 0 aliphatic carbocycles.